The highest BCUT2D eigenvalue weighted by atomic mass is 16.3. The average Bonchev–Trinajstić information content (AvgIpc) is 2.73. The van der Waals surface area contributed by atoms with Crippen LogP contribution in [0.25, 0.3) is 0 Å². The molecule has 1 atom stereocenters. The fraction of sp³-hybridized carbons (Fsp3) is 0.667. The third-order valence-electron chi connectivity index (χ3n) is 3.10. The number of rotatable bonds is 1. The number of fused-ring (bicyclic) bond motifs is 1. The van der Waals surface area contributed by atoms with E-state index in [0.717, 1.165) is 5.69 Å². The lowest BCUT2D eigenvalue weighted by Crippen LogP contribution is -2.48. The molecule has 1 aromatic rings. The Bertz CT molecular complexity index is 420. The smallest absolute Gasteiger partial charge is 0.228 e. The maximum atomic E-state index is 12.3. The number of nitrogens with zero attached hydrogens (tertiary/aromatic N) is 3. The van der Waals surface area contributed by atoms with E-state index in [4.69, 9.17) is 0 Å². The third-order valence-corrected chi connectivity index (χ3v) is 3.10. The molecule has 2 heterocycles. The van der Waals surface area contributed by atoms with Gasteiger partial charge >= 0.3 is 0 Å². The van der Waals surface area contributed by atoms with Crippen LogP contribution in [-0.2, 0) is 11.3 Å². The predicted octanol–water partition coefficient (Wildman–Crippen LogP) is 0.805. The predicted molar refractivity (Wildman–Crippen MR) is 63.2 cm³/mol. The first kappa shape index (κ1) is 12.1. The Morgan fingerprint density at radius 3 is 2.82 bits per heavy atom. The molecule has 1 unspecified atom stereocenters. The number of hydrogen-bond donors (Lipinski definition) is 1. The van der Waals surface area contributed by atoms with Crippen molar-refractivity contribution >= 4 is 5.91 Å². The Kier molecular flexibility index (Phi) is 2.95. The molecule has 2 rings (SSSR count). The maximum absolute atomic E-state index is 12.3. The van der Waals surface area contributed by atoms with Crippen LogP contribution in [0.2, 0.25) is 0 Å². The molecular weight excluding hydrogens is 218 g/mol. The summed E-state index contributed by atoms with van der Waals surface area (Å²) in [5.41, 5.74) is 0.492. The summed E-state index contributed by atoms with van der Waals surface area (Å²) in [5, 5.41) is 13.7. The van der Waals surface area contributed by atoms with Crippen LogP contribution in [0.5, 0.6) is 0 Å². The standard InChI is InChI=1S/C12H19N3O2/c1-12(2,3)11(17)14-6-7-15-9(4-5-13-15)10(14)8-16/h4-5,10,16H,6-8H2,1-3H3. The molecule has 0 spiro atoms. The largest absolute Gasteiger partial charge is 0.394 e. The van der Waals surface area contributed by atoms with Crippen molar-refractivity contribution in [2.75, 3.05) is 13.2 Å². The molecule has 1 N–H and O–H groups in total. The highest BCUT2D eigenvalue weighted by molar-refractivity contribution is 5.82. The number of carbonyl (C=O) groups excluding carboxylic acids is 1. The zero-order valence-corrected chi connectivity index (χ0v) is 10.6. The van der Waals surface area contributed by atoms with Crippen molar-refractivity contribution in [3.05, 3.63) is 18.0 Å². The van der Waals surface area contributed by atoms with E-state index in [9.17, 15) is 9.90 Å². The monoisotopic (exact) mass is 237 g/mol. The number of aromatic nitrogens is 2. The maximum Gasteiger partial charge on any atom is 0.228 e. The molecule has 5 heteroatoms. The molecule has 1 aliphatic rings. The summed E-state index contributed by atoms with van der Waals surface area (Å²) < 4.78 is 1.85. The average molecular weight is 237 g/mol. The molecule has 0 aliphatic carbocycles. The van der Waals surface area contributed by atoms with Crippen LogP contribution < -0.4 is 0 Å². The van der Waals surface area contributed by atoms with Gasteiger partial charge in [-0.2, -0.15) is 5.10 Å². The van der Waals surface area contributed by atoms with Gasteiger partial charge in [0.2, 0.25) is 5.91 Å². The van der Waals surface area contributed by atoms with Crippen LogP contribution in [0.1, 0.15) is 32.5 Å². The minimum atomic E-state index is -0.421. The molecule has 0 fully saturated rings. The summed E-state index contributed by atoms with van der Waals surface area (Å²) in [6.45, 7) is 6.94. The van der Waals surface area contributed by atoms with E-state index in [2.05, 4.69) is 5.10 Å². The number of carbonyl (C=O) groups is 1. The van der Waals surface area contributed by atoms with Gasteiger partial charge in [-0.15, -0.1) is 0 Å². The van der Waals surface area contributed by atoms with Gasteiger partial charge in [-0.25, -0.2) is 0 Å². The molecule has 1 aliphatic heterocycles. The summed E-state index contributed by atoms with van der Waals surface area (Å²) >= 11 is 0. The van der Waals surface area contributed by atoms with Crippen molar-refractivity contribution in [2.45, 2.75) is 33.4 Å². The van der Waals surface area contributed by atoms with E-state index in [1.807, 2.05) is 31.5 Å². The van der Waals surface area contributed by atoms with Gasteiger partial charge < -0.3 is 10.0 Å². The molecule has 1 amide bonds. The molecule has 0 aromatic carbocycles. The second kappa shape index (κ2) is 4.14. The molecule has 17 heavy (non-hydrogen) atoms. The van der Waals surface area contributed by atoms with Gasteiger partial charge in [0.25, 0.3) is 0 Å². The lowest BCUT2D eigenvalue weighted by atomic mass is 9.93. The SMILES string of the molecule is CC(C)(C)C(=O)N1CCn2nccc2C1CO. The van der Waals surface area contributed by atoms with Gasteiger partial charge in [0.15, 0.2) is 0 Å². The molecule has 0 bridgehead atoms. The lowest BCUT2D eigenvalue weighted by molar-refractivity contribution is -0.144. The number of aliphatic hydroxyl groups is 1. The third kappa shape index (κ3) is 2.07. The molecule has 0 radical (unpaired) electrons. The molecule has 5 nitrogen and oxygen atoms in total. The van der Waals surface area contributed by atoms with Crippen LogP contribution in [-0.4, -0.2) is 38.8 Å². The Balaban J connectivity index is 2.30. The lowest BCUT2D eigenvalue weighted by Gasteiger charge is -2.38. The second-order valence-corrected chi connectivity index (χ2v) is 5.43. The second-order valence-electron chi connectivity index (χ2n) is 5.43. The van der Waals surface area contributed by atoms with E-state index in [1.165, 1.54) is 0 Å². The van der Waals surface area contributed by atoms with E-state index < -0.39 is 5.41 Å². The molecule has 0 saturated heterocycles. The van der Waals surface area contributed by atoms with Crippen molar-refractivity contribution in [2.24, 2.45) is 5.41 Å². The molecule has 0 saturated carbocycles. The number of amides is 1. The molecule has 1 aromatic heterocycles. The van der Waals surface area contributed by atoms with Crippen LogP contribution in [0, 0.1) is 5.41 Å². The fourth-order valence-corrected chi connectivity index (χ4v) is 2.20. The first-order valence-corrected chi connectivity index (χ1v) is 5.89. The van der Waals surface area contributed by atoms with Gasteiger partial charge in [-0.05, 0) is 6.07 Å². The Morgan fingerprint density at radius 2 is 2.24 bits per heavy atom. The summed E-state index contributed by atoms with van der Waals surface area (Å²) in [7, 11) is 0. The van der Waals surface area contributed by atoms with Crippen LogP contribution in [0.3, 0.4) is 0 Å². The zero-order valence-electron chi connectivity index (χ0n) is 10.6. The van der Waals surface area contributed by atoms with Gasteiger partial charge in [0.1, 0.15) is 0 Å². The summed E-state index contributed by atoms with van der Waals surface area (Å²) in [6, 6.07) is 1.60. The van der Waals surface area contributed by atoms with Crippen LogP contribution >= 0.6 is 0 Å². The normalized spacial score (nSPS) is 20.2. The number of hydrogen-bond acceptors (Lipinski definition) is 3. The zero-order chi connectivity index (χ0) is 12.6. The van der Waals surface area contributed by atoms with Crippen molar-refractivity contribution in [1.82, 2.24) is 14.7 Å². The Morgan fingerprint density at radius 1 is 1.53 bits per heavy atom. The minimum absolute atomic E-state index is 0.0620. The van der Waals surface area contributed by atoms with Crippen molar-refractivity contribution in [3.8, 4) is 0 Å². The van der Waals surface area contributed by atoms with E-state index in [1.54, 1.807) is 11.1 Å². The molecule has 94 valence electrons. The van der Waals surface area contributed by atoms with Crippen molar-refractivity contribution in [1.29, 1.82) is 0 Å². The van der Waals surface area contributed by atoms with Crippen molar-refractivity contribution in [3.63, 3.8) is 0 Å². The van der Waals surface area contributed by atoms with Gasteiger partial charge in [-0.1, -0.05) is 20.8 Å². The fourth-order valence-electron chi connectivity index (χ4n) is 2.20. The summed E-state index contributed by atoms with van der Waals surface area (Å²) in [4.78, 5) is 14.1. The van der Waals surface area contributed by atoms with E-state index in [0.29, 0.717) is 13.1 Å². The van der Waals surface area contributed by atoms with E-state index >= 15 is 0 Å². The first-order valence-electron chi connectivity index (χ1n) is 5.89. The quantitative estimate of drug-likeness (QED) is 0.786. The van der Waals surface area contributed by atoms with E-state index in [-0.39, 0.29) is 18.6 Å². The Labute approximate surface area is 101 Å². The first-order chi connectivity index (χ1) is 7.95. The topological polar surface area (TPSA) is 58.4 Å². The van der Waals surface area contributed by atoms with Gasteiger partial charge in [-0.3, -0.25) is 9.48 Å². The number of aliphatic hydroxyl groups excluding tert-OH is 1. The van der Waals surface area contributed by atoms with Crippen LogP contribution in [0.4, 0.5) is 0 Å². The molecular formula is C12H19N3O2. The highest BCUT2D eigenvalue weighted by Crippen LogP contribution is 2.29. The van der Waals surface area contributed by atoms with Gasteiger partial charge in [0, 0.05) is 18.2 Å². The minimum Gasteiger partial charge on any atom is -0.394 e. The highest BCUT2D eigenvalue weighted by Gasteiger charge is 2.35. The van der Waals surface area contributed by atoms with Gasteiger partial charge in [0.05, 0.1) is 24.9 Å². The summed E-state index contributed by atoms with van der Waals surface area (Å²) in [5.74, 6) is 0.0731. The summed E-state index contributed by atoms with van der Waals surface area (Å²) in [6.07, 6.45) is 1.71. The Hall–Kier alpha value is -1.36. The van der Waals surface area contributed by atoms with Crippen molar-refractivity contribution < 1.29 is 9.90 Å². The van der Waals surface area contributed by atoms with Crippen LogP contribution in [0.15, 0.2) is 12.3 Å².